The largest absolute Gasteiger partial charge is 0.394 e. The summed E-state index contributed by atoms with van der Waals surface area (Å²) in [5, 5.41) is 27.0. The van der Waals surface area contributed by atoms with Gasteiger partial charge in [-0.3, -0.25) is 0 Å². The number of rotatable bonds is 2. The van der Waals surface area contributed by atoms with E-state index in [0.717, 1.165) is 0 Å². The predicted molar refractivity (Wildman–Crippen MR) is 39.7 cm³/mol. The van der Waals surface area contributed by atoms with Crippen molar-refractivity contribution >= 4 is 0 Å². The molecule has 13 heavy (non-hydrogen) atoms. The summed E-state index contributed by atoms with van der Waals surface area (Å²) in [6.07, 6.45) is -7.06. The molecule has 0 aromatic heterocycles. The van der Waals surface area contributed by atoms with Crippen LogP contribution in [0.25, 0.3) is 0 Å². The molecule has 0 spiro atoms. The molecule has 1 saturated heterocycles. The van der Waals surface area contributed by atoms with E-state index in [1.54, 1.807) is 0 Å². The fourth-order valence-corrected chi connectivity index (χ4v) is 1.24. The summed E-state index contributed by atoms with van der Waals surface area (Å²) in [6.45, 7) is -0.565. The second-order valence-corrected chi connectivity index (χ2v) is 2.89. The second kappa shape index (κ2) is 4.30. The van der Waals surface area contributed by atoms with Crippen LogP contribution in [0.3, 0.4) is 0 Å². The molecule has 0 unspecified atom stereocenters. The molecule has 0 aliphatic carbocycles. The van der Waals surface area contributed by atoms with E-state index in [-0.39, 0.29) is 0 Å². The number of ether oxygens (including phenoxy) is 2. The van der Waals surface area contributed by atoms with Gasteiger partial charge in [0.2, 0.25) is 0 Å². The summed E-state index contributed by atoms with van der Waals surface area (Å²) >= 11 is 0. The Bertz CT molecular complexity index is 147. The maximum absolute atomic E-state index is 13.1. The fraction of sp³-hybridized carbons (Fsp3) is 1.00. The van der Waals surface area contributed by atoms with Crippen LogP contribution in [0.2, 0.25) is 0 Å². The average molecular weight is 196 g/mol. The minimum atomic E-state index is -1.80. The third-order valence-corrected chi connectivity index (χ3v) is 2.03. The molecule has 5 atom stereocenters. The Labute approximate surface area is 74.7 Å². The van der Waals surface area contributed by atoms with Crippen LogP contribution >= 0.6 is 0 Å². The SMILES string of the molecule is CO[C@@H]1O[C@H](CO)[C@H](F)[C@H](O)[C@H]1O. The van der Waals surface area contributed by atoms with E-state index in [4.69, 9.17) is 14.9 Å². The van der Waals surface area contributed by atoms with Gasteiger partial charge in [0.1, 0.15) is 18.3 Å². The van der Waals surface area contributed by atoms with Crippen molar-refractivity contribution in [2.24, 2.45) is 0 Å². The lowest BCUT2D eigenvalue weighted by molar-refractivity contribution is -0.283. The van der Waals surface area contributed by atoms with Crippen molar-refractivity contribution in [2.45, 2.75) is 30.8 Å². The fourth-order valence-electron chi connectivity index (χ4n) is 1.24. The third-order valence-electron chi connectivity index (χ3n) is 2.03. The van der Waals surface area contributed by atoms with Crippen molar-refractivity contribution < 1.29 is 29.2 Å². The molecule has 0 radical (unpaired) electrons. The highest BCUT2D eigenvalue weighted by Crippen LogP contribution is 2.23. The van der Waals surface area contributed by atoms with E-state index >= 15 is 0 Å². The molecule has 1 heterocycles. The quantitative estimate of drug-likeness (QED) is 0.496. The van der Waals surface area contributed by atoms with Crippen molar-refractivity contribution in [1.29, 1.82) is 0 Å². The standard InChI is InChI=1S/C7H13FO5/c1-12-7-6(11)5(10)4(8)3(2-9)13-7/h3-7,9-11H,2H2,1H3/t3-,4+,5+,6-,7-/m1/s1. The van der Waals surface area contributed by atoms with Gasteiger partial charge in [-0.25, -0.2) is 4.39 Å². The predicted octanol–water partition coefficient (Wildman–Crippen LogP) is -1.59. The summed E-state index contributed by atoms with van der Waals surface area (Å²) in [4.78, 5) is 0. The molecule has 1 aliphatic heterocycles. The summed E-state index contributed by atoms with van der Waals surface area (Å²) in [6, 6.07) is 0. The Hall–Kier alpha value is -0.270. The minimum Gasteiger partial charge on any atom is -0.394 e. The van der Waals surface area contributed by atoms with E-state index in [1.807, 2.05) is 0 Å². The first-order chi connectivity index (χ1) is 6.11. The van der Waals surface area contributed by atoms with Crippen molar-refractivity contribution in [3.63, 3.8) is 0 Å². The number of aliphatic hydroxyl groups is 3. The van der Waals surface area contributed by atoms with Crippen molar-refractivity contribution in [2.75, 3.05) is 13.7 Å². The number of hydrogen-bond donors (Lipinski definition) is 3. The lowest BCUT2D eigenvalue weighted by atomic mass is 10.0. The zero-order valence-electron chi connectivity index (χ0n) is 7.13. The zero-order chi connectivity index (χ0) is 10.0. The first-order valence-corrected chi connectivity index (χ1v) is 3.91. The molecule has 6 heteroatoms. The molecule has 1 fully saturated rings. The summed E-state index contributed by atoms with van der Waals surface area (Å²) in [5.41, 5.74) is 0. The van der Waals surface area contributed by atoms with Crippen LogP contribution in [0, 0.1) is 0 Å². The van der Waals surface area contributed by atoms with Crippen LogP contribution in [0.5, 0.6) is 0 Å². The van der Waals surface area contributed by atoms with E-state index in [0.29, 0.717) is 0 Å². The van der Waals surface area contributed by atoms with Crippen LogP contribution in [0.15, 0.2) is 0 Å². The first kappa shape index (κ1) is 10.8. The molecule has 0 aromatic carbocycles. The van der Waals surface area contributed by atoms with E-state index in [2.05, 4.69) is 4.74 Å². The van der Waals surface area contributed by atoms with Crippen LogP contribution in [-0.4, -0.2) is 59.8 Å². The molecular weight excluding hydrogens is 183 g/mol. The molecule has 78 valence electrons. The maximum Gasteiger partial charge on any atom is 0.186 e. The molecule has 3 N–H and O–H groups in total. The smallest absolute Gasteiger partial charge is 0.186 e. The number of hydrogen-bond acceptors (Lipinski definition) is 5. The van der Waals surface area contributed by atoms with Crippen molar-refractivity contribution in [3.05, 3.63) is 0 Å². The van der Waals surface area contributed by atoms with Gasteiger partial charge in [0.05, 0.1) is 6.61 Å². The number of halogens is 1. The van der Waals surface area contributed by atoms with Gasteiger partial charge in [-0.05, 0) is 0 Å². The Morgan fingerprint density at radius 2 is 2.00 bits per heavy atom. The normalized spacial score (nSPS) is 46.4. The Kier molecular flexibility index (Phi) is 3.57. The molecule has 0 aromatic rings. The van der Waals surface area contributed by atoms with E-state index < -0.39 is 37.4 Å². The number of aliphatic hydroxyl groups excluding tert-OH is 3. The van der Waals surface area contributed by atoms with Crippen molar-refractivity contribution in [3.8, 4) is 0 Å². The summed E-state index contributed by atoms with van der Waals surface area (Å²) < 4.78 is 22.5. The van der Waals surface area contributed by atoms with Gasteiger partial charge >= 0.3 is 0 Å². The lowest BCUT2D eigenvalue weighted by Gasteiger charge is -2.37. The van der Waals surface area contributed by atoms with Gasteiger partial charge < -0.3 is 24.8 Å². The van der Waals surface area contributed by atoms with Crippen LogP contribution in [0.4, 0.5) is 4.39 Å². The number of alkyl halides is 1. The maximum atomic E-state index is 13.1. The van der Waals surface area contributed by atoms with Crippen LogP contribution in [0.1, 0.15) is 0 Å². The van der Waals surface area contributed by atoms with Gasteiger partial charge in [0.15, 0.2) is 12.5 Å². The Morgan fingerprint density at radius 1 is 1.38 bits per heavy atom. The monoisotopic (exact) mass is 196 g/mol. The van der Waals surface area contributed by atoms with Crippen LogP contribution < -0.4 is 0 Å². The van der Waals surface area contributed by atoms with E-state index in [9.17, 15) is 9.50 Å². The third kappa shape index (κ3) is 1.97. The molecule has 0 saturated carbocycles. The Morgan fingerprint density at radius 3 is 2.46 bits per heavy atom. The van der Waals surface area contributed by atoms with Gasteiger partial charge in [0, 0.05) is 7.11 Å². The first-order valence-electron chi connectivity index (χ1n) is 3.91. The molecule has 5 nitrogen and oxygen atoms in total. The molecular formula is C7H13FO5. The molecule has 1 rings (SSSR count). The topological polar surface area (TPSA) is 79.2 Å². The second-order valence-electron chi connectivity index (χ2n) is 2.89. The van der Waals surface area contributed by atoms with Gasteiger partial charge in [-0.15, -0.1) is 0 Å². The highest BCUT2D eigenvalue weighted by Gasteiger charge is 2.44. The summed E-state index contributed by atoms with van der Waals surface area (Å²) in [7, 11) is 1.26. The average Bonchev–Trinajstić information content (AvgIpc) is 2.15. The highest BCUT2D eigenvalue weighted by molar-refractivity contribution is 4.88. The lowest BCUT2D eigenvalue weighted by Crippen LogP contribution is -2.57. The molecule has 0 bridgehead atoms. The van der Waals surface area contributed by atoms with E-state index in [1.165, 1.54) is 7.11 Å². The molecule has 1 aliphatic rings. The number of methoxy groups -OCH3 is 1. The van der Waals surface area contributed by atoms with Crippen LogP contribution in [-0.2, 0) is 9.47 Å². The minimum absolute atomic E-state index is 0.565. The molecule has 0 amide bonds. The highest BCUT2D eigenvalue weighted by atomic mass is 19.1. The van der Waals surface area contributed by atoms with Gasteiger partial charge in [-0.1, -0.05) is 0 Å². The zero-order valence-corrected chi connectivity index (χ0v) is 7.13. The Balaban J connectivity index is 2.66. The van der Waals surface area contributed by atoms with Gasteiger partial charge in [0.25, 0.3) is 0 Å². The summed E-state index contributed by atoms with van der Waals surface area (Å²) in [5.74, 6) is 0. The van der Waals surface area contributed by atoms with Crippen molar-refractivity contribution in [1.82, 2.24) is 0 Å². The van der Waals surface area contributed by atoms with Gasteiger partial charge in [-0.2, -0.15) is 0 Å².